The number of sulfonamides is 1. The fraction of sp³-hybridized carbons (Fsp3) is 0.182. The number of aromatic amines is 1. The fourth-order valence-corrected chi connectivity index (χ4v) is 2.59. The lowest BCUT2D eigenvalue weighted by Crippen LogP contribution is -2.15. The number of aryl methyl sites for hydroxylation is 1. The summed E-state index contributed by atoms with van der Waals surface area (Å²) in [5, 5.41) is 6.51. The lowest BCUT2D eigenvalue weighted by atomic mass is 10.2. The maximum atomic E-state index is 11.8. The third-order valence-electron chi connectivity index (χ3n) is 2.17. The van der Waals surface area contributed by atoms with Crippen molar-refractivity contribution in [3.8, 4) is 0 Å². The lowest BCUT2D eigenvalue weighted by molar-refractivity contribution is 0.600. The summed E-state index contributed by atoms with van der Waals surface area (Å²) in [6.07, 6.45) is 0. The van der Waals surface area contributed by atoms with E-state index in [0.717, 1.165) is 11.3 Å². The molecule has 5 nitrogen and oxygen atoms in total. The van der Waals surface area contributed by atoms with E-state index in [2.05, 4.69) is 14.9 Å². The van der Waals surface area contributed by atoms with Crippen molar-refractivity contribution in [2.24, 2.45) is 0 Å². The van der Waals surface area contributed by atoms with E-state index in [1.807, 2.05) is 25.1 Å². The Morgan fingerprint density at radius 3 is 2.59 bits per heavy atom. The molecule has 0 radical (unpaired) electrons. The number of rotatable bonds is 4. The molecule has 1 heterocycles. The number of benzene rings is 1. The van der Waals surface area contributed by atoms with Gasteiger partial charge in [0.05, 0.1) is 5.75 Å². The second kappa shape index (κ2) is 4.58. The molecule has 0 bridgehead atoms. The summed E-state index contributed by atoms with van der Waals surface area (Å²) in [7, 11) is -3.41. The minimum atomic E-state index is -3.41. The molecule has 0 saturated carbocycles. The first-order chi connectivity index (χ1) is 8.05. The highest BCUT2D eigenvalue weighted by Gasteiger charge is 2.12. The second-order valence-corrected chi connectivity index (χ2v) is 5.51. The van der Waals surface area contributed by atoms with Crippen molar-refractivity contribution < 1.29 is 8.42 Å². The number of aromatic nitrogens is 2. The molecule has 0 spiro atoms. The molecule has 0 saturated heterocycles. The minimum Gasteiger partial charge on any atom is -0.281 e. The Labute approximate surface area is 99.9 Å². The summed E-state index contributed by atoms with van der Waals surface area (Å²) in [5.41, 5.74) is 1.55. The number of hydrogen-bond acceptors (Lipinski definition) is 3. The van der Waals surface area contributed by atoms with Crippen molar-refractivity contribution >= 4 is 15.8 Å². The average Bonchev–Trinajstić information content (AvgIpc) is 2.63. The van der Waals surface area contributed by atoms with Gasteiger partial charge in [-0.25, -0.2) is 8.42 Å². The fourth-order valence-electron chi connectivity index (χ4n) is 1.46. The molecular weight excluding hydrogens is 238 g/mol. The van der Waals surface area contributed by atoms with Crippen LogP contribution in [0.1, 0.15) is 11.3 Å². The van der Waals surface area contributed by atoms with Gasteiger partial charge in [0.25, 0.3) is 0 Å². The monoisotopic (exact) mass is 251 g/mol. The number of nitrogens with zero attached hydrogens (tertiary/aromatic N) is 1. The Bertz CT molecular complexity index is 590. The van der Waals surface area contributed by atoms with Crippen molar-refractivity contribution in [2.75, 3.05) is 4.72 Å². The summed E-state index contributed by atoms with van der Waals surface area (Å²) in [6.45, 7) is 1.81. The maximum absolute atomic E-state index is 11.8. The highest BCUT2D eigenvalue weighted by molar-refractivity contribution is 7.91. The molecule has 0 atom stereocenters. The van der Waals surface area contributed by atoms with Gasteiger partial charge >= 0.3 is 0 Å². The van der Waals surface area contributed by atoms with Crippen LogP contribution < -0.4 is 4.72 Å². The van der Waals surface area contributed by atoms with Crippen LogP contribution in [0.3, 0.4) is 0 Å². The van der Waals surface area contributed by atoms with Gasteiger partial charge in [0.15, 0.2) is 5.82 Å². The van der Waals surface area contributed by atoms with Crippen molar-refractivity contribution in [2.45, 2.75) is 12.7 Å². The first kappa shape index (κ1) is 11.7. The van der Waals surface area contributed by atoms with Crippen LogP contribution in [0.5, 0.6) is 0 Å². The van der Waals surface area contributed by atoms with Gasteiger partial charge in [0.1, 0.15) is 0 Å². The van der Waals surface area contributed by atoms with Crippen LogP contribution >= 0.6 is 0 Å². The number of hydrogen-bond donors (Lipinski definition) is 2. The van der Waals surface area contributed by atoms with E-state index in [4.69, 9.17) is 0 Å². The maximum Gasteiger partial charge on any atom is 0.238 e. The van der Waals surface area contributed by atoms with Gasteiger partial charge < -0.3 is 0 Å². The third-order valence-corrected chi connectivity index (χ3v) is 3.40. The van der Waals surface area contributed by atoms with E-state index in [1.165, 1.54) is 0 Å². The van der Waals surface area contributed by atoms with Gasteiger partial charge in [0.2, 0.25) is 10.0 Å². The van der Waals surface area contributed by atoms with Crippen molar-refractivity contribution in [1.29, 1.82) is 0 Å². The zero-order valence-corrected chi connectivity index (χ0v) is 10.2. The van der Waals surface area contributed by atoms with Crippen LogP contribution in [-0.4, -0.2) is 18.6 Å². The molecule has 2 aromatic rings. The van der Waals surface area contributed by atoms with Crippen LogP contribution in [0.2, 0.25) is 0 Å². The second-order valence-electron chi connectivity index (χ2n) is 3.78. The Balaban J connectivity index is 2.10. The molecule has 6 heteroatoms. The standard InChI is InChI=1S/C11H13N3O2S/c1-9-7-11(13-12-9)14-17(15,16)8-10-5-3-2-4-6-10/h2-7H,8H2,1H3,(H2,12,13,14). The number of nitrogens with one attached hydrogen (secondary N) is 2. The van der Waals surface area contributed by atoms with Crippen molar-refractivity contribution in [3.63, 3.8) is 0 Å². The SMILES string of the molecule is Cc1cc(NS(=O)(=O)Cc2ccccc2)n[nH]1. The van der Waals surface area contributed by atoms with Gasteiger partial charge in [0, 0.05) is 11.8 Å². The molecule has 0 fully saturated rings. The first-order valence-electron chi connectivity index (χ1n) is 5.11. The molecule has 2 rings (SSSR count). The normalized spacial score (nSPS) is 11.4. The summed E-state index contributed by atoms with van der Waals surface area (Å²) in [5.74, 6) is 0.262. The van der Waals surface area contributed by atoms with Gasteiger partial charge in [-0.05, 0) is 12.5 Å². The molecule has 1 aromatic heterocycles. The highest BCUT2D eigenvalue weighted by atomic mass is 32.2. The zero-order valence-electron chi connectivity index (χ0n) is 9.34. The van der Waals surface area contributed by atoms with Crippen LogP contribution in [-0.2, 0) is 15.8 Å². The van der Waals surface area contributed by atoms with Crippen LogP contribution in [0.4, 0.5) is 5.82 Å². The van der Waals surface area contributed by atoms with Gasteiger partial charge in [-0.15, -0.1) is 0 Å². The molecule has 0 aliphatic carbocycles. The Morgan fingerprint density at radius 2 is 2.00 bits per heavy atom. The first-order valence-corrected chi connectivity index (χ1v) is 6.77. The predicted octanol–water partition coefficient (Wildman–Crippen LogP) is 1.66. The predicted molar refractivity (Wildman–Crippen MR) is 66.0 cm³/mol. The Hall–Kier alpha value is -1.82. The van der Waals surface area contributed by atoms with Crippen LogP contribution in [0.25, 0.3) is 0 Å². The summed E-state index contributed by atoms with van der Waals surface area (Å²) in [6, 6.07) is 10.7. The van der Waals surface area contributed by atoms with Gasteiger partial charge in [-0.2, -0.15) is 5.10 Å². The van der Waals surface area contributed by atoms with Crippen LogP contribution in [0.15, 0.2) is 36.4 Å². The molecule has 1 aromatic carbocycles. The third kappa shape index (κ3) is 3.32. The van der Waals surface area contributed by atoms with Crippen molar-refractivity contribution in [3.05, 3.63) is 47.7 Å². The van der Waals surface area contributed by atoms with E-state index in [9.17, 15) is 8.42 Å². The molecule has 2 N–H and O–H groups in total. The molecule has 17 heavy (non-hydrogen) atoms. The van der Waals surface area contributed by atoms with Gasteiger partial charge in [-0.3, -0.25) is 9.82 Å². The topological polar surface area (TPSA) is 74.8 Å². The minimum absolute atomic E-state index is 0.0558. The smallest absolute Gasteiger partial charge is 0.238 e. The summed E-state index contributed by atoms with van der Waals surface area (Å²) >= 11 is 0. The molecule has 0 amide bonds. The van der Waals surface area contributed by atoms with E-state index in [0.29, 0.717) is 5.82 Å². The Morgan fingerprint density at radius 1 is 1.29 bits per heavy atom. The molecule has 0 unspecified atom stereocenters. The summed E-state index contributed by atoms with van der Waals surface area (Å²) in [4.78, 5) is 0. The van der Waals surface area contributed by atoms with E-state index >= 15 is 0 Å². The number of H-pyrrole nitrogens is 1. The van der Waals surface area contributed by atoms with Gasteiger partial charge in [-0.1, -0.05) is 30.3 Å². The van der Waals surface area contributed by atoms with E-state index in [1.54, 1.807) is 18.2 Å². The molecular formula is C11H13N3O2S. The van der Waals surface area contributed by atoms with E-state index < -0.39 is 10.0 Å². The number of anilines is 1. The highest BCUT2D eigenvalue weighted by Crippen LogP contribution is 2.10. The molecule has 90 valence electrons. The molecule has 0 aliphatic rings. The summed E-state index contributed by atoms with van der Waals surface area (Å²) < 4.78 is 26.0. The van der Waals surface area contributed by atoms with Crippen molar-refractivity contribution in [1.82, 2.24) is 10.2 Å². The lowest BCUT2D eigenvalue weighted by Gasteiger charge is -2.04. The van der Waals surface area contributed by atoms with E-state index in [-0.39, 0.29) is 5.75 Å². The largest absolute Gasteiger partial charge is 0.281 e. The average molecular weight is 251 g/mol. The molecule has 0 aliphatic heterocycles. The van der Waals surface area contributed by atoms with Crippen LogP contribution in [0, 0.1) is 6.92 Å². The Kier molecular flexibility index (Phi) is 3.14. The quantitative estimate of drug-likeness (QED) is 0.867. The zero-order chi connectivity index (χ0) is 12.3.